The first-order valence-corrected chi connectivity index (χ1v) is 4.67. The molecule has 0 spiro atoms. The van der Waals surface area contributed by atoms with Crippen molar-refractivity contribution in [3.63, 3.8) is 0 Å². The first-order chi connectivity index (χ1) is 4.99. The maximum Gasteiger partial charge on any atom is 0.165 e. The molecule has 0 aliphatic rings. The second-order valence-corrected chi connectivity index (χ2v) is 5.17. The summed E-state index contributed by atoms with van der Waals surface area (Å²) < 4.78 is 10.4. The van der Waals surface area contributed by atoms with Crippen LogP contribution in [0.25, 0.3) is 0 Å². The first-order valence-electron chi connectivity index (χ1n) is 3.69. The van der Waals surface area contributed by atoms with Crippen LogP contribution in [0.4, 0.5) is 0 Å². The van der Waals surface area contributed by atoms with Crippen molar-refractivity contribution in [1.29, 1.82) is 0 Å². The van der Waals surface area contributed by atoms with E-state index >= 15 is 0 Å². The predicted octanol–water partition coefficient (Wildman–Crippen LogP) is 2.14. The van der Waals surface area contributed by atoms with E-state index < -0.39 is 0 Å². The Morgan fingerprint density at radius 2 is 1.64 bits per heavy atom. The van der Waals surface area contributed by atoms with E-state index in [0.29, 0.717) is 0 Å². The second kappa shape index (κ2) is 5.01. The van der Waals surface area contributed by atoms with Gasteiger partial charge in [-0.15, -0.1) is 0 Å². The predicted molar refractivity (Wildman–Crippen MR) is 50.0 cm³/mol. The standard InChI is InChI=1S/C8H18O2S/c1-8(2,3)11-6-7(9-4)10-5/h7H,6H2,1-5H3. The molecule has 0 fully saturated rings. The van der Waals surface area contributed by atoms with Crippen molar-refractivity contribution in [3.05, 3.63) is 0 Å². The number of hydrogen-bond acceptors (Lipinski definition) is 3. The van der Waals surface area contributed by atoms with Crippen molar-refractivity contribution in [2.45, 2.75) is 31.8 Å². The molecule has 0 amide bonds. The van der Waals surface area contributed by atoms with Gasteiger partial charge in [0.15, 0.2) is 6.29 Å². The number of ether oxygens (including phenoxy) is 2. The van der Waals surface area contributed by atoms with Gasteiger partial charge < -0.3 is 9.47 Å². The van der Waals surface area contributed by atoms with Gasteiger partial charge in [0.05, 0.1) is 0 Å². The van der Waals surface area contributed by atoms with Gasteiger partial charge in [0, 0.05) is 24.7 Å². The molecule has 0 aromatic rings. The summed E-state index contributed by atoms with van der Waals surface area (Å²) in [5.74, 6) is 0.885. The van der Waals surface area contributed by atoms with Gasteiger partial charge >= 0.3 is 0 Å². The van der Waals surface area contributed by atoms with Gasteiger partial charge in [-0.1, -0.05) is 20.8 Å². The van der Waals surface area contributed by atoms with E-state index in [-0.39, 0.29) is 11.0 Å². The minimum absolute atomic E-state index is 0.0702. The summed E-state index contributed by atoms with van der Waals surface area (Å²) in [6.07, 6.45) is -0.0702. The lowest BCUT2D eigenvalue weighted by Gasteiger charge is -2.20. The zero-order chi connectivity index (χ0) is 8.91. The van der Waals surface area contributed by atoms with Gasteiger partial charge in [-0.3, -0.25) is 0 Å². The third-order valence-electron chi connectivity index (χ3n) is 1.18. The molecule has 0 aliphatic heterocycles. The van der Waals surface area contributed by atoms with Crippen LogP contribution in [-0.4, -0.2) is 31.0 Å². The van der Waals surface area contributed by atoms with Gasteiger partial charge in [0.2, 0.25) is 0 Å². The average molecular weight is 178 g/mol. The number of thioether (sulfide) groups is 1. The van der Waals surface area contributed by atoms with E-state index in [1.54, 1.807) is 14.2 Å². The summed E-state index contributed by atoms with van der Waals surface area (Å²) >= 11 is 1.84. The first kappa shape index (κ1) is 11.3. The molecule has 0 radical (unpaired) electrons. The highest BCUT2D eigenvalue weighted by molar-refractivity contribution is 8.00. The lowest BCUT2D eigenvalue weighted by atomic mass is 10.3. The summed E-state index contributed by atoms with van der Waals surface area (Å²) in [5.41, 5.74) is 0. The Labute approximate surface area is 73.6 Å². The Kier molecular flexibility index (Phi) is 5.13. The number of methoxy groups -OCH3 is 2. The highest BCUT2D eigenvalue weighted by Crippen LogP contribution is 2.24. The molecular formula is C8H18O2S. The lowest BCUT2D eigenvalue weighted by Crippen LogP contribution is -2.20. The fourth-order valence-electron chi connectivity index (χ4n) is 0.550. The van der Waals surface area contributed by atoms with E-state index in [2.05, 4.69) is 20.8 Å². The van der Waals surface area contributed by atoms with Gasteiger partial charge in [0.1, 0.15) is 0 Å². The third kappa shape index (κ3) is 6.66. The van der Waals surface area contributed by atoms with Crippen LogP contribution >= 0.6 is 11.8 Å². The lowest BCUT2D eigenvalue weighted by molar-refractivity contribution is -0.0843. The smallest absolute Gasteiger partial charge is 0.165 e. The van der Waals surface area contributed by atoms with Crippen molar-refractivity contribution >= 4 is 11.8 Å². The Bertz CT molecular complexity index is 94.8. The molecule has 0 aromatic heterocycles. The number of hydrogen-bond donors (Lipinski definition) is 0. The van der Waals surface area contributed by atoms with E-state index in [1.807, 2.05) is 11.8 Å². The van der Waals surface area contributed by atoms with E-state index in [0.717, 1.165) is 5.75 Å². The molecule has 68 valence electrons. The highest BCUT2D eigenvalue weighted by atomic mass is 32.2. The van der Waals surface area contributed by atoms with Gasteiger partial charge in [0.25, 0.3) is 0 Å². The summed E-state index contributed by atoms with van der Waals surface area (Å²) in [6, 6.07) is 0. The highest BCUT2D eigenvalue weighted by Gasteiger charge is 2.14. The van der Waals surface area contributed by atoms with Gasteiger partial charge in [-0.2, -0.15) is 11.8 Å². The molecule has 0 unspecified atom stereocenters. The van der Waals surface area contributed by atoms with Crippen LogP contribution < -0.4 is 0 Å². The molecule has 0 aromatic carbocycles. The van der Waals surface area contributed by atoms with E-state index in [9.17, 15) is 0 Å². The van der Waals surface area contributed by atoms with Crippen molar-refractivity contribution in [2.75, 3.05) is 20.0 Å². The van der Waals surface area contributed by atoms with Crippen molar-refractivity contribution in [1.82, 2.24) is 0 Å². The van der Waals surface area contributed by atoms with Crippen molar-refractivity contribution in [2.24, 2.45) is 0 Å². The Morgan fingerprint density at radius 3 is 1.91 bits per heavy atom. The molecule has 11 heavy (non-hydrogen) atoms. The molecule has 0 bridgehead atoms. The van der Waals surface area contributed by atoms with Crippen LogP contribution in [0.3, 0.4) is 0 Å². The van der Waals surface area contributed by atoms with Crippen LogP contribution in [0.15, 0.2) is 0 Å². The summed E-state index contributed by atoms with van der Waals surface area (Å²) in [4.78, 5) is 0. The SMILES string of the molecule is COC(CSC(C)(C)C)OC. The van der Waals surface area contributed by atoms with Crippen LogP contribution in [0.1, 0.15) is 20.8 Å². The third-order valence-corrected chi connectivity index (χ3v) is 2.48. The topological polar surface area (TPSA) is 18.5 Å². The molecule has 0 saturated carbocycles. The Hall–Kier alpha value is 0.270. The Balaban J connectivity index is 3.51. The van der Waals surface area contributed by atoms with Gasteiger partial charge in [-0.25, -0.2) is 0 Å². The van der Waals surface area contributed by atoms with Crippen molar-refractivity contribution < 1.29 is 9.47 Å². The van der Waals surface area contributed by atoms with Gasteiger partial charge in [-0.05, 0) is 0 Å². The van der Waals surface area contributed by atoms with Crippen LogP contribution in [0.5, 0.6) is 0 Å². The summed E-state index contributed by atoms with van der Waals surface area (Å²) in [7, 11) is 3.33. The zero-order valence-electron chi connectivity index (χ0n) is 8.01. The van der Waals surface area contributed by atoms with E-state index in [4.69, 9.17) is 9.47 Å². The molecule has 0 saturated heterocycles. The molecule has 0 rings (SSSR count). The zero-order valence-corrected chi connectivity index (χ0v) is 8.83. The average Bonchev–Trinajstić information content (AvgIpc) is 1.88. The minimum atomic E-state index is -0.0702. The Morgan fingerprint density at radius 1 is 1.18 bits per heavy atom. The van der Waals surface area contributed by atoms with Crippen molar-refractivity contribution in [3.8, 4) is 0 Å². The molecule has 0 atom stereocenters. The normalized spacial score (nSPS) is 12.5. The van der Waals surface area contributed by atoms with Crippen LogP contribution in [-0.2, 0) is 9.47 Å². The minimum Gasteiger partial charge on any atom is -0.355 e. The maximum absolute atomic E-state index is 5.05. The fraction of sp³-hybridized carbons (Fsp3) is 1.00. The fourth-order valence-corrected chi connectivity index (χ4v) is 1.46. The number of rotatable bonds is 4. The van der Waals surface area contributed by atoms with Crippen LogP contribution in [0.2, 0.25) is 0 Å². The molecule has 0 N–H and O–H groups in total. The monoisotopic (exact) mass is 178 g/mol. The molecule has 0 aliphatic carbocycles. The largest absolute Gasteiger partial charge is 0.355 e. The summed E-state index contributed by atoms with van der Waals surface area (Å²) in [6.45, 7) is 6.54. The molecular weight excluding hydrogens is 160 g/mol. The molecule has 0 heterocycles. The maximum atomic E-state index is 5.05. The summed E-state index contributed by atoms with van der Waals surface area (Å²) in [5, 5.41) is 0. The van der Waals surface area contributed by atoms with E-state index in [1.165, 1.54) is 0 Å². The molecule has 2 nitrogen and oxygen atoms in total. The van der Waals surface area contributed by atoms with Crippen LogP contribution in [0, 0.1) is 0 Å². The quantitative estimate of drug-likeness (QED) is 0.614. The second-order valence-electron chi connectivity index (χ2n) is 3.32. The molecule has 3 heteroatoms.